The summed E-state index contributed by atoms with van der Waals surface area (Å²) in [6.45, 7) is 2.31. The summed E-state index contributed by atoms with van der Waals surface area (Å²) in [5.74, 6) is -0.399. The second-order valence-electron chi connectivity index (χ2n) is 5.03. The molecule has 0 amide bonds. The Hall–Kier alpha value is -0.510. The monoisotopic (exact) mass is 288 g/mol. The first-order chi connectivity index (χ1) is 8.65. The van der Waals surface area contributed by atoms with Crippen molar-refractivity contribution in [3.8, 4) is 0 Å². The molecule has 2 fully saturated rings. The number of anilines is 1. The largest absolute Gasteiger partial charge is 0.378 e. The molecule has 2 aliphatic rings. The smallest absolute Gasteiger partial charge is 0.126 e. The van der Waals surface area contributed by atoms with Crippen molar-refractivity contribution in [2.75, 3.05) is 18.4 Å². The number of nitrogens with one attached hydrogen (secondary N) is 1. The lowest BCUT2D eigenvalue weighted by Crippen LogP contribution is -2.33. The van der Waals surface area contributed by atoms with Gasteiger partial charge in [0.25, 0.3) is 0 Å². The molecule has 5 heteroatoms. The normalized spacial score (nSPS) is 27.5. The van der Waals surface area contributed by atoms with Gasteiger partial charge in [0.05, 0.1) is 15.7 Å². The molecule has 0 radical (unpaired) electrons. The molecule has 0 aliphatic carbocycles. The van der Waals surface area contributed by atoms with E-state index in [1.807, 2.05) is 0 Å². The molecule has 0 bridgehead atoms. The van der Waals surface area contributed by atoms with Gasteiger partial charge in [0.15, 0.2) is 0 Å². The van der Waals surface area contributed by atoms with E-state index in [1.54, 1.807) is 0 Å². The van der Waals surface area contributed by atoms with Gasteiger partial charge in [-0.3, -0.25) is 4.90 Å². The van der Waals surface area contributed by atoms with Gasteiger partial charge < -0.3 is 5.32 Å². The van der Waals surface area contributed by atoms with Crippen molar-refractivity contribution >= 4 is 28.9 Å². The van der Waals surface area contributed by atoms with Crippen LogP contribution in [-0.2, 0) is 0 Å². The molecule has 2 aliphatic heterocycles. The molecule has 0 aromatic heterocycles. The third-order valence-electron chi connectivity index (χ3n) is 3.94. The highest BCUT2D eigenvalue weighted by Crippen LogP contribution is 2.36. The Kier molecular flexibility index (Phi) is 3.39. The number of hydrogen-bond acceptors (Lipinski definition) is 2. The summed E-state index contributed by atoms with van der Waals surface area (Å²) in [5.41, 5.74) is 0.665. The van der Waals surface area contributed by atoms with Crippen molar-refractivity contribution in [1.29, 1.82) is 0 Å². The molecule has 2 atom stereocenters. The highest BCUT2D eigenvalue weighted by Gasteiger charge is 2.37. The summed E-state index contributed by atoms with van der Waals surface area (Å²) in [6.07, 6.45) is 3.57. The second-order valence-corrected chi connectivity index (χ2v) is 5.84. The van der Waals surface area contributed by atoms with Crippen molar-refractivity contribution in [3.05, 3.63) is 28.0 Å². The Morgan fingerprint density at radius 1 is 1.17 bits per heavy atom. The maximum atomic E-state index is 13.1. The zero-order valence-electron chi connectivity index (χ0n) is 9.93. The van der Waals surface area contributed by atoms with Crippen LogP contribution in [0.3, 0.4) is 0 Å². The van der Waals surface area contributed by atoms with Crippen LogP contribution in [0.25, 0.3) is 0 Å². The fourth-order valence-electron chi connectivity index (χ4n) is 3.12. The summed E-state index contributed by atoms with van der Waals surface area (Å²) >= 11 is 12.1. The fraction of sp³-hybridized carbons (Fsp3) is 0.538. The molecule has 98 valence electrons. The molecule has 2 saturated heterocycles. The fourth-order valence-corrected chi connectivity index (χ4v) is 3.69. The molecule has 18 heavy (non-hydrogen) atoms. The van der Waals surface area contributed by atoms with Gasteiger partial charge in [0, 0.05) is 18.6 Å². The summed E-state index contributed by atoms with van der Waals surface area (Å²) in [5, 5.41) is 4.12. The molecule has 3 rings (SSSR count). The lowest BCUT2D eigenvalue weighted by molar-refractivity contribution is 0.318. The maximum absolute atomic E-state index is 13.1. The first kappa shape index (κ1) is 12.5. The number of halogens is 3. The van der Waals surface area contributed by atoms with Crippen LogP contribution in [0.1, 0.15) is 19.3 Å². The number of benzene rings is 1. The molecule has 2 nitrogen and oxygen atoms in total. The van der Waals surface area contributed by atoms with Crippen LogP contribution in [0.2, 0.25) is 10.0 Å². The Labute approximate surface area is 116 Å². The molecule has 1 aromatic carbocycles. The van der Waals surface area contributed by atoms with Gasteiger partial charge in [-0.1, -0.05) is 23.2 Å². The average molecular weight is 289 g/mol. The van der Waals surface area contributed by atoms with Crippen LogP contribution >= 0.6 is 23.2 Å². The van der Waals surface area contributed by atoms with Gasteiger partial charge in [0.2, 0.25) is 0 Å². The molecular formula is C13H15Cl2FN2. The minimum absolute atomic E-state index is 0.358. The highest BCUT2D eigenvalue weighted by molar-refractivity contribution is 6.39. The van der Waals surface area contributed by atoms with Crippen LogP contribution in [-0.4, -0.2) is 30.1 Å². The number of nitrogens with zero attached hydrogens (tertiary/aromatic N) is 1. The molecule has 0 spiro atoms. The van der Waals surface area contributed by atoms with Gasteiger partial charge in [0.1, 0.15) is 5.82 Å². The molecular weight excluding hydrogens is 274 g/mol. The van der Waals surface area contributed by atoms with E-state index in [0.717, 1.165) is 13.0 Å². The zero-order chi connectivity index (χ0) is 12.7. The van der Waals surface area contributed by atoms with Crippen LogP contribution in [0.4, 0.5) is 10.1 Å². The van der Waals surface area contributed by atoms with Crippen LogP contribution in [0.15, 0.2) is 12.1 Å². The van der Waals surface area contributed by atoms with E-state index in [0.29, 0.717) is 27.8 Å². The van der Waals surface area contributed by atoms with Crippen LogP contribution < -0.4 is 5.32 Å². The first-order valence-corrected chi connectivity index (χ1v) is 7.06. The Morgan fingerprint density at radius 2 is 1.89 bits per heavy atom. The van der Waals surface area contributed by atoms with E-state index in [9.17, 15) is 4.39 Å². The minimum Gasteiger partial charge on any atom is -0.378 e. The number of hydrogen-bond donors (Lipinski definition) is 1. The summed E-state index contributed by atoms with van der Waals surface area (Å²) in [4.78, 5) is 2.50. The average Bonchev–Trinajstić information content (AvgIpc) is 2.86. The van der Waals surface area contributed by atoms with Gasteiger partial charge in [-0.25, -0.2) is 4.39 Å². The minimum atomic E-state index is -0.399. The van der Waals surface area contributed by atoms with Crippen LogP contribution in [0.5, 0.6) is 0 Å². The van der Waals surface area contributed by atoms with Crippen molar-refractivity contribution in [2.45, 2.75) is 31.3 Å². The van der Waals surface area contributed by atoms with E-state index in [1.165, 1.54) is 31.5 Å². The van der Waals surface area contributed by atoms with Crippen molar-refractivity contribution in [3.63, 3.8) is 0 Å². The zero-order valence-corrected chi connectivity index (χ0v) is 11.4. The van der Waals surface area contributed by atoms with Gasteiger partial charge in [-0.05, 0) is 37.9 Å². The van der Waals surface area contributed by atoms with E-state index in [4.69, 9.17) is 23.2 Å². The van der Waals surface area contributed by atoms with E-state index >= 15 is 0 Å². The van der Waals surface area contributed by atoms with Crippen molar-refractivity contribution < 1.29 is 4.39 Å². The van der Waals surface area contributed by atoms with E-state index in [-0.39, 0.29) is 0 Å². The van der Waals surface area contributed by atoms with Crippen LogP contribution in [0, 0.1) is 5.82 Å². The third kappa shape index (κ3) is 2.20. The predicted octanol–water partition coefficient (Wildman–Crippen LogP) is 3.78. The summed E-state index contributed by atoms with van der Waals surface area (Å²) in [7, 11) is 0. The molecule has 2 unspecified atom stereocenters. The Bertz CT molecular complexity index is 443. The quantitative estimate of drug-likeness (QED) is 0.891. The number of rotatable bonds is 2. The van der Waals surface area contributed by atoms with Gasteiger partial charge in [-0.2, -0.15) is 0 Å². The topological polar surface area (TPSA) is 15.3 Å². The standard InChI is InChI=1S/C13H15Cl2FN2/c14-9-6-8(16)7-10(15)13(9)17-11-3-5-18-4-1-2-12(11)18/h6-7,11-12,17H,1-5H2. The second kappa shape index (κ2) is 4.87. The van der Waals surface area contributed by atoms with Gasteiger partial charge >= 0.3 is 0 Å². The van der Waals surface area contributed by atoms with Crippen molar-refractivity contribution in [2.24, 2.45) is 0 Å². The third-order valence-corrected chi connectivity index (χ3v) is 4.54. The van der Waals surface area contributed by atoms with E-state index < -0.39 is 5.82 Å². The summed E-state index contributed by atoms with van der Waals surface area (Å²) < 4.78 is 13.1. The molecule has 0 saturated carbocycles. The number of fused-ring (bicyclic) bond motifs is 1. The molecule has 2 heterocycles. The molecule has 1 N–H and O–H groups in total. The molecule has 1 aromatic rings. The Morgan fingerprint density at radius 3 is 2.61 bits per heavy atom. The summed E-state index contributed by atoms with van der Waals surface area (Å²) in [6, 6.07) is 3.55. The Balaban J connectivity index is 1.81. The highest BCUT2D eigenvalue weighted by atomic mass is 35.5. The predicted molar refractivity (Wildman–Crippen MR) is 73.0 cm³/mol. The maximum Gasteiger partial charge on any atom is 0.126 e. The van der Waals surface area contributed by atoms with E-state index in [2.05, 4.69) is 10.2 Å². The van der Waals surface area contributed by atoms with Crippen molar-refractivity contribution in [1.82, 2.24) is 4.90 Å². The SMILES string of the molecule is Fc1cc(Cl)c(NC2CCN3CCCC23)c(Cl)c1. The lowest BCUT2D eigenvalue weighted by atomic mass is 10.1. The lowest BCUT2D eigenvalue weighted by Gasteiger charge is -2.23. The van der Waals surface area contributed by atoms with Gasteiger partial charge in [-0.15, -0.1) is 0 Å². The first-order valence-electron chi connectivity index (χ1n) is 6.30.